The molecule has 0 heterocycles. The molecule has 2 rings (SSSR count). The molecule has 0 saturated heterocycles. The number of amides is 1. The second kappa shape index (κ2) is 8.74. The van der Waals surface area contributed by atoms with E-state index < -0.39 is 39.9 Å². The number of ether oxygens (including phenoxy) is 1. The maximum atomic E-state index is 12.9. The zero-order valence-electron chi connectivity index (χ0n) is 14.7. The van der Waals surface area contributed by atoms with E-state index in [-0.39, 0.29) is 4.90 Å². The number of sulfonamides is 1. The van der Waals surface area contributed by atoms with Crippen molar-refractivity contribution in [2.45, 2.75) is 30.9 Å². The van der Waals surface area contributed by atoms with Crippen LogP contribution in [0.1, 0.15) is 13.8 Å². The number of nitrogens with one attached hydrogen (secondary N) is 2. The smallest absolute Gasteiger partial charge is 0.324 e. The molecule has 9 heteroatoms. The normalized spacial score (nSPS) is 13.4. The highest BCUT2D eigenvalue weighted by molar-refractivity contribution is 7.89. The molecule has 0 unspecified atom stereocenters. The van der Waals surface area contributed by atoms with Crippen molar-refractivity contribution < 1.29 is 27.1 Å². The van der Waals surface area contributed by atoms with Gasteiger partial charge in [-0.1, -0.05) is 18.2 Å². The average molecular weight is 394 g/mol. The van der Waals surface area contributed by atoms with Gasteiger partial charge >= 0.3 is 5.97 Å². The van der Waals surface area contributed by atoms with E-state index >= 15 is 0 Å². The molecule has 0 fully saturated rings. The zero-order chi connectivity index (χ0) is 20.0. The van der Waals surface area contributed by atoms with Crippen molar-refractivity contribution in [3.63, 3.8) is 0 Å². The van der Waals surface area contributed by atoms with Crippen LogP contribution in [0.3, 0.4) is 0 Å². The fourth-order valence-electron chi connectivity index (χ4n) is 2.06. The third-order valence-corrected chi connectivity index (χ3v) is 5.07. The number of para-hydroxylation sites is 1. The minimum absolute atomic E-state index is 0.196. The van der Waals surface area contributed by atoms with Crippen molar-refractivity contribution in [1.29, 1.82) is 0 Å². The lowest BCUT2D eigenvalue weighted by atomic mass is 10.3. The maximum absolute atomic E-state index is 12.9. The molecule has 0 radical (unpaired) electrons. The van der Waals surface area contributed by atoms with Crippen molar-refractivity contribution in [2.75, 3.05) is 5.32 Å². The van der Waals surface area contributed by atoms with Crippen LogP contribution in [0.15, 0.2) is 59.5 Å². The molecule has 2 aromatic rings. The van der Waals surface area contributed by atoms with Crippen LogP contribution in [0, 0.1) is 5.82 Å². The lowest BCUT2D eigenvalue weighted by molar-refractivity contribution is -0.154. The average Bonchev–Trinajstić information content (AvgIpc) is 2.62. The Bertz CT molecular complexity index is 901. The van der Waals surface area contributed by atoms with Gasteiger partial charge in [-0.15, -0.1) is 0 Å². The van der Waals surface area contributed by atoms with Gasteiger partial charge in [0.25, 0.3) is 5.91 Å². The van der Waals surface area contributed by atoms with Gasteiger partial charge in [0.1, 0.15) is 11.9 Å². The first-order valence-corrected chi connectivity index (χ1v) is 9.51. The van der Waals surface area contributed by atoms with Gasteiger partial charge in [0.05, 0.1) is 4.90 Å². The van der Waals surface area contributed by atoms with E-state index in [2.05, 4.69) is 10.0 Å². The summed E-state index contributed by atoms with van der Waals surface area (Å²) < 4.78 is 44.4. The molecule has 2 aromatic carbocycles. The summed E-state index contributed by atoms with van der Waals surface area (Å²) in [6.07, 6.45) is -1.13. The molecule has 0 aliphatic heterocycles. The first-order chi connectivity index (χ1) is 12.7. The number of hydrogen-bond acceptors (Lipinski definition) is 5. The number of halogens is 1. The Balaban J connectivity index is 1.94. The summed E-state index contributed by atoms with van der Waals surface area (Å²) in [6.45, 7) is 2.66. The fourth-order valence-corrected chi connectivity index (χ4v) is 3.25. The topological polar surface area (TPSA) is 102 Å². The predicted octanol–water partition coefficient (Wildman–Crippen LogP) is 2.06. The van der Waals surface area contributed by atoms with Gasteiger partial charge in [0.2, 0.25) is 10.0 Å². The van der Waals surface area contributed by atoms with Crippen LogP contribution in [0.4, 0.5) is 10.1 Å². The molecule has 7 nitrogen and oxygen atoms in total. The Morgan fingerprint density at radius 3 is 2.19 bits per heavy atom. The molecule has 0 aliphatic rings. The fraction of sp³-hybridized carbons (Fsp3) is 0.222. The maximum Gasteiger partial charge on any atom is 0.324 e. The SMILES string of the molecule is C[C@H](NS(=O)(=O)c1ccc(F)cc1)C(=O)O[C@H](C)C(=O)Nc1ccccc1. The van der Waals surface area contributed by atoms with Crippen molar-refractivity contribution in [3.05, 3.63) is 60.4 Å². The van der Waals surface area contributed by atoms with E-state index in [0.29, 0.717) is 5.69 Å². The number of carbonyl (C=O) groups is 2. The highest BCUT2D eigenvalue weighted by atomic mass is 32.2. The molecule has 144 valence electrons. The van der Waals surface area contributed by atoms with Gasteiger partial charge in [-0.2, -0.15) is 4.72 Å². The molecule has 0 aliphatic carbocycles. The van der Waals surface area contributed by atoms with E-state index in [1.165, 1.54) is 13.8 Å². The van der Waals surface area contributed by atoms with E-state index in [1.807, 2.05) is 0 Å². The Morgan fingerprint density at radius 2 is 1.59 bits per heavy atom. The summed E-state index contributed by atoms with van der Waals surface area (Å²) >= 11 is 0. The Kier molecular flexibility index (Phi) is 6.65. The minimum Gasteiger partial charge on any atom is -0.451 e. The number of carbonyl (C=O) groups excluding carboxylic acids is 2. The van der Waals surface area contributed by atoms with Crippen LogP contribution in [0.2, 0.25) is 0 Å². The highest BCUT2D eigenvalue weighted by Crippen LogP contribution is 2.11. The Hall–Kier alpha value is -2.78. The molecule has 0 bridgehead atoms. The monoisotopic (exact) mass is 394 g/mol. The van der Waals surface area contributed by atoms with Gasteiger partial charge in [0.15, 0.2) is 6.10 Å². The third-order valence-electron chi connectivity index (χ3n) is 3.51. The van der Waals surface area contributed by atoms with E-state index in [1.54, 1.807) is 30.3 Å². The molecule has 2 N–H and O–H groups in total. The molecule has 0 spiro atoms. The molecular formula is C18H19FN2O5S. The number of hydrogen-bond donors (Lipinski definition) is 2. The number of rotatable bonds is 7. The number of benzene rings is 2. The van der Waals surface area contributed by atoms with Crippen LogP contribution in [-0.4, -0.2) is 32.4 Å². The standard InChI is InChI=1S/C18H19FN2O5S/c1-12(21-27(24,25)16-10-8-14(19)9-11-16)18(23)26-13(2)17(22)20-15-6-4-3-5-7-15/h3-13,21H,1-2H3,(H,20,22)/t12-,13+/m0/s1. The summed E-state index contributed by atoms with van der Waals surface area (Å²) in [5.74, 6) is -2.06. The van der Waals surface area contributed by atoms with E-state index in [0.717, 1.165) is 24.3 Å². The molecule has 0 saturated carbocycles. The first kappa shape index (κ1) is 20.5. The lowest BCUT2D eigenvalue weighted by Crippen LogP contribution is -2.42. The first-order valence-electron chi connectivity index (χ1n) is 8.03. The van der Waals surface area contributed by atoms with Crippen LogP contribution in [0.5, 0.6) is 0 Å². The van der Waals surface area contributed by atoms with Gasteiger partial charge in [0, 0.05) is 5.69 Å². The predicted molar refractivity (Wildman–Crippen MR) is 96.8 cm³/mol. The van der Waals surface area contributed by atoms with Gasteiger partial charge < -0.3 is 10.1 Å². The minimum atomic E-state index is -4.04. The number of anilines is 1. The lowest BCUT2D eigenvalue weighted by Gasteiger charge is -2.17. The molecule has 27 heavy (non-hydrogen) atoms. The summed E-state index contributed by atoms with van der Waals surface area (Å²) in [6, 6.07) is 11.5. The molecule has 1 amide bonds. The second-order valence-corrected chi connectivity index (χ2v) is 7.45. The van der Waals surface area contributed by atoms with Crippen molar-refractivity contribution in [2.24, 2.45) is 0 Å². The Labute approximate surface area is 156 Å². The van der Waals surface area contributed by atoms with Crippen molar-refractivity contribution in [3.8, 4) is 0 Å². The van der Waals surface area contributed by atoms with Gasteiger partial charge in [-0.05, 0) is 50.2 Å². The molecule has 0 aromatic heterocycles. The van der Waals surface area contributed by atoms with E-state index in [9.17, 15) is 22.4 Å². The van der Waals surface area contributed by atoms with Crippen molar-refractivity contribution in [1.82, 2.24) is 4.72 Å². The summed E-state index contributed by atoms with van der Waals surface area (Å²) in [7, 11) is -4.04. The quantitative estimate of drug-likeness (QED) is 0.700. The zero-order valence-corrected chi connectivity index (χ0v) is 15.5. The molecular weight excluding hydrogens is 375 g/mol. The summed E-state index contributed by atoms with van der Waals surface area (Å²) in [4.78, 5) is 23.9. The van der Waals surface area contributed by atoms with Crippen LogP contribution in [-0.2, 0) is 24.3 Å². The molecule has 2 atom stereocenters. The van der Waals surface area contributed by atoms with Crippen molar-refractivity contribution >= 4 is 27.6 Å². The van der Waals surface area contributed by atoms with Crippen LogP contribution < -0.4 is 10.0 Å². The number of esters is 1. The Morgan fingerprint density at radius 1 is 1.00 bits per heavy atom. The summed E-state index contributed by atoms with van der Waals surface area (Å²) in [5, 5.41) is 2.58. The summed E-state index contributed by atoms with van der Waals surface area (Å²) in [5.41, 5.74) is 0.537. The van der Waals surface area contributed by atoms with Crippen LogP contribution >= 0.6 is 0 Å². The van der Waals surface area contributed by atoms with Gasteiger partial charge in [-0.3, -0.25) is 9.59 Å². The largest absolute Gasteiger partial charge is 0.451 e. The highest BCUT2D eigenvalue weighted by Gasteiger charge is 2.26. The van der Waals surface area contributed by atoms with E-state index in [4.69, 9.17) is 4.74 Å². The third kappa shape index (κ3) is 5.87. The van der Waals surface area contributed by atoms with Gasteiger partial charge in [-0.25, -0.2) is 12.8 Å². The second-order valence-electron chi connectivity index (χ2n) is 5.73. The van der Waals surface area contributed by atoms with Crippen LogP contribution in [0.25, 0.3) is 0 Å².